The van der Waals surface area contributed by atoms with E-state index in [0.717, 1.165) is 33.8 Å². The maximum absolute atomic E-state index is 13.3. The Morgan fingerprint density at radius 3 is 2.48 bits per heavy atom. The van der Waals surface area contributed by atoms with E-state index < -0.39 is 27.8 Å². The number of halogens is 1. The molecular weight excluding hydrogens is 423 g/mol. The molecule has 8 nitrogen and oxygen atoms in total. The summed E-state index contributed by atoms with van der Waals surface area (Å²) < 4.78 is 44.2. The molecule has 0 N–H and O–H groups in total. The van der Waals surface area contributed by atoms with Crippen LogP contribution in [0.5, 0.6) is 0 Å². The van der Waals surface area contributed by atoms with E-state index in [4.69, 9.17) is 4.52 Å². The molecule has 164 valence electrons. The minimum atomic E-state index is -3.81. The zero-order valence-electron chi connectivity index (χ0n) is 17.6. The molecule has 10 heteroatoms. The molecular formula is C21H23FN4O4S. The number of sulfonamides is 1. The second-order valence-electron chi connectivity index (χ2n) is 7.29. The van der Waals surface area contributed by atoms with Crippen LogP contribution in [0.2, 0.25) is 0 Å². The van der Waals surface area contributed by atoms with Gasteiger partial charge in [-0.05, 0) is 44.2 Å². The van der Waals surface area contributed by atoms with Gasteiger partial charge in [0.15, 0.2) is 0 Å². The summed E-state index contributed by atoms with van der Waals surface area (Å²) in [6.45, 7) is 3.42. The lowest BCUT2D eigenvalue weighted by Gasteiger charge is -2.30. The van der Waals surface area contributed by atoms with Crippen LogP contribution in [-0.4, -0.2) is 48.7 Å². The van der Waals surface area contributed by atoms with Gasteiger partial charge in [0.1, 0.15) is 11.9 Å². The van der Waals surface area contributed by atoms with Crippen LogP contribution >= 0.6 is 0 Å². The van der Waals surface area contributed by atoms with E-state index in [1.165, 1.54) is 31.0 Å². The molecule has 1 amide bonds. The number of hydrogen-bond acceptors (Lipinski definition) is 6. The first-order chi connectivity index (χ1) is 14.6. The van der Waals surface area contributed by atoms with Crippen LogP contribution in [0.25, 0.3) is 11.4 Å². The highest BCUT2D eigenvalue weighted by Crippen LogP contribution is 2.23. The molecule has 0 saturated carbocycles. The minimum absolute atomic E-state index is 0.00298. The molecule has 31 heavy (non-hydrogen) atoms. The number of anilines is 1. The zero-order chi connectivity index (χ0) is 22.8. The summed E-state index contributed by atoms with van der Waals surface area (Å²) in [7, 11) is -2.29. The fourth-order valence-corrected chi connectivity index (χ4v) is 4.38. The number of amides is 1. The zero-order valence-corrected chi connectivity index (χ0v) is 18.4. The number of benzene rings is 2. The minimum Gasteiger partial charge on any atom is -0.337 e. The molecule has 0 aliphatic heterocycles. The smallest absolute Gasteiger partial charge is 0.246 e. The van der Waals surface area contributed by atoms with Crippen molar-refractivity contribution in [3.8, 4) is 11.4 Å². The number of carbonyl (C=O) groups excluding carboxylic acids is 1. The Morgan fingerprint density at radius 2 is 1.87 bits per heavy atom. The van der Waals surface area contributed by atoms with Gasteiger partial charge in [-0.3, -0.25) is 9.10 Å². The van der Waals surface area contributed by atoms with Crippen molar-refractivity contribution in [2.24, 2.45) is 0 Å². The lowest BCUT2D eigenvalue weighted by Crippen LogP contribution is -2.48. The first-order valence-corrected chi connectivity index (χ1v) is 11.3. The van der Waals surface area contributed by atoms with E-state index in [2.05, 4.69) is 10.1 Å². The maximum Gasteiger partial charge on any atom is 0.246 e. The van der Waals surface area contributed by atoms with Gasteiger partial charge in [0, 0.05) is 12.6 Å². The molecule has 0 unspecified atom stereocenters. The van der Waals surface area contributed by atoms with Gasteiger partial charge in [0.25, 0.3) is 0 Å². The average molecular weight is 447 g/mol. The molecule has 0 fully saturated rings. The molecule has 3 aromatic rings. The second kappa shape index (κ2) is 8.84. The van der Waals surface area contributed by atoms with Crippen molar-refractivity contribution < 1.29 is 22.1 Å². The summed E-state index contributed by atoms with van der Waals surface area (Å²) in [6.07, 6.45) is 0.992. The Hall–Kier alpha value is -3.27. The van der Waals surface area contributed by atoms with Crippen molar-refractivity contribution in [2.75, 3.05) is 17.6 Å². The van der Waals surface area contributed by atoms with Crippen LogP contribution in [-0.2, 0) is 21.4 Å². The van der Waals surface area contributed by atoms with Gasteiger partial charge in [-0.2, -0.15) is 4.98 Å². The molecule has 0 bridgehead atoms. The van der Waals surface area contributed by atoms with Gasteiger partial charge < -0.3 is 9.42 Å². The van der Waals surface area contributed by atoms with Crippen molar-refractivity contribution in [1.82, 2.24) is 15.0 Å². The number of likely N-dealkylation sites (N-methyl/N-ethyl adjacent to an activating group) is 1. The van der Waals surface area contributed by atoms with Crippen molar-refractivity contribution >= 4 is 21.6 Å². The van der Waals surface area contributed by atoms with Crippen molar-refractivity contribution in [1.29, 1.82) is 0 Å². The number of carbonyl (C=O) groups is 1. The highest BCUT2D eigenvalue weighted by atomic mass is 32.2. The summed E-state index contributed by atoms with van der Waals surface area (Å²) in [5, 5.41) is 3.95. The molecule has 0 radical (unpaired) electrons. The lowest BCUT2D eigenvalue weighted by molar-refractivity contribution is -0.131. The summed E-state index contributed by atoms with van der Waals surface area (Å²) in [5.41, 5.74) is 2.03. The number of rotatable bonds is 7. The van der Waals surface area contributed by atoms with Gasteiger partial charge >= 0.3 is 0 Å². The van der Waals surface area contributed by atoms with Crippen molar-refractivity contribution in [3.05, 3.63) is 65.8 Å². The normalized spacial score (nSPS) is 12.4. The van der Waals surface area contributed by atoms with E-state index in [1.807, 2.05) is 31.2 Å². The number of nitrogens with zero attached hydrogens (tertiary/aromatic N) is 4. The predicted octanol–water partition coefficient (Wildman–Crippen LogP) is 3.00. The van der Waals surface area contributed by atoms with Crippen LogP contribution in [0.4, 0.5) is 10.1 Å². The van der Waals surface area contributed by atoms with Crippen LogP contribution < -0.4 is 4.31 Å². The quantitative estimate of drug-likeness (QED) is 0.554. The maximum atomic E-state index is 13.3. The summed E-state index contributed by atoms with van der Waals surface area (Å²) in [5.74, 6) is -0.372. The molecule has 1 atom stereocenters. The Labute approximate surface area is 180 Å². The standard InChI is InChI=1S/C21H23FN4O4S/c1-14-6-5-7-16(12-14)20-23-19(30-24-20)13-25(3)21(27)15(2)26(31(4,28)29)18-10-8-17(22)9-11-18/h5-12,15H,13H2,1-4H3/t15-/m0/s1. The van der Waals surface area contributed by atoms with E-state index in [-0.39, 0.29) is 18.1 Å². The van der Waals surface area contributed by atoms with E-state index >= 15 is 0 Å². The lowest BCUT2D eigenvalue weighted by atomic mass is 10.1. The Bertz CT molecular complexity index is 1180. The second-order valence-corrected chi connectivity index (χ2v) is 9.15. The average Bonchev–Trinajstić information content (AvgIpc) is 3.16. The van der Waals surface area contributed by atoms with E-state index in [1.54, 1.807) is 0 Å². The largest absolute Gasteiger partial charge is 0.337 e. The van der Waals surface area contributed by atoms with Crippen LogP contribution in [0.1, 0.15) is 18.4 Å². The Kier molecular flexibility index (Phi) is 6.40. The van der Waals surface area contributed by atoms with Gasteiger partial charge in [-0.25, -0.2) is 12.8 Å². The third kappa shape index (κ3) is 5.26. The fourth-order valence-electron chi connectivity index (χ4n) is 3.21. The molecule has 0 spiro atoms. The molecule has 1 aromatic heterocycles. The Balaban J connectivity index is 1.77. The van der Waals surface area contributed by atoms with Gasteiger partial charge in [0.05, 0.1) is 18.5 Å². The molecule has 0 aliphatic rings. The number of hydrogen-bond donors (Lipinski definition) is 0. The van der Waals surface area contributed by atoms with Crippen LogP contribution in [0.15, 0.2) is 53.1 Å². The SMILES string of the molecule is Cc1cccc(-c2noc(CN(C)C(=O)[C@H](C)N(c3ccc(F)cc3)S(C)(=O)=O)n2)c1. The van der Waals surface area contributed by atoms with Gasteiger partial charge in [-0.15, -0.1) is 0 Å². The summed E-state index contributed by atoms with van der Waals surface area (Å²) >= 11 is 0. The first kappa shape index (κ1) is 22.4. The molecule has 2 aromatic carbocycles. The number of aromatic nitrogens is 2. The third-order valence-electron chi connectivity index (χ3n) is 4.64. The molecule has 1 heterocycles. The number of aryl methyl sites for hydroxylation is 1. The van der Waals surface area contributed by atoms with Crippen molar-refractivity contribution in [3.63, 3.8) is 0 Å². The fraction of sp³-hybridized carbons (Fsp3) is 0.286. The summed E-state index contributed by atoms with van der Waals surface area (Å²) in [4.78, 5) is 18.6. The highest BCUT2D eigenvalue weighted by molar-refractivity contribution is 7.92. The molecule has 3 rings (SSSR count). The molecule has 0 saturated heterocycles. The van der Waals surface area contributed by atoms with Crippen LogP contribution in [0, 0.1) is 12.7 Å². The van der Waals surface area contributed by atoms with Crippen molar-refractivity contribution in [2.45, 2.75) is 26.4 Å². The topological polar surface area (TPSA) is 96.6 Å². The van der Waals surface area contributed by atoms with Crippen LogP contribution in [0.3, 0.4) is 0 Å². The van der Waals surface area contributed by atoms with E-state index in [0.29, 0.717) is 5.82 Å². The third-order valence-corrected chi connectivity index (χ3v) is 5.88. The molecule has 0 aliphatic carbocycles. The monoisotopic (exact) mass is 446 g/mol. The van der Waals surface area contributed by atoms with E-state index in [9.17, 15) is 17.6 Å². The van der Waals surface area contributed by atoms with Gasteiger partial charge in [0.2, 0.25) is 27.6 Å². The first-order valence-electron chi connectivity index (χ1n) is 9.46. The highest BCUT2D eigenvalue weighted by Gasteiger charge is 2.31. The predicted molar refractivity (Wildman–Crippen MR) is 114 cm³/mol. The summed E-state index contributed by atoms with van der Waals surface area (Å²) in [6, 6.07) is 11.4. The Morgan fingerprint density at radius 1 is 1.19 bits per heavy atom. The van der Waals surface area contributed by atoms with Gasteiger partial charge in [-0.1, -0.05) is 28.9 Å².